The van der Waals surface area contributed by atoms with Crippen LogP contribution in [0, 0.1) is 0 Å². The molecule has 0 aliphatic rings. The van der Waals surface area contributed by atoms with Crippen LogP contribution in [0.2, 0.25) is 37.8 Å². The highest BCUT2D eigenvalue weighted by atomic mass is 32.2. The second kappa shape index (κ2) is 35.2. The normalized spacial score (nSPS) is 12.7. The number of thioether (sulfide) groups is 3. The molecule has 0 N–H and O–H groups in total. The van der Waals surface area contributed by atoms with E-state index in [1.165, 1.54) is 24.0 Å². The standard InChI is InChI=1S/C16H25F3O4S2Si.2C16H28O4S2Si/c1-22-26(3,23-2)12-4-10-24-11-9-14-5-7-15(8-6-14)13-25(20,21)16(17,18)19;1-19-23(4,20-2)13-5-11-21-12-10-15-6-8-16(9-7-15)14-22(3,17)18;1-4-19-23(3,20-5-2)15-9-12-21-13-14-22(17,18)16-10-7-6-8-11-16/h5-8H,4,9-13H2,1-3H3;6-9H,5,10-14H2,1-4H3;6-8,10-11H,4-5,9,12-15H2,1-3H3. The molecule has 0 aliphatic heterocycles. The van der Waals surface area contributed by atoms with Gasteiger partial charge in [-0.25, -0.2) is 25.3 Å². The van der Waals surface area contributed by atoms with Crippen molar-refractivity contribution in [2.75, 3.05) is 88.2 Å². The Kier molecular flexibility index (Phi) is 33.7. The van der Waals surface area contributed by atoms with Gasteiger partial charge in [0.25, 0.3) is 9.84 Å². The molecule has 0 saturated heterocycles. The molecule has 0 spiro atoms. The third-order valence-electron chi connectivity index (χ3n) is 11.2. The van der Waals surface area contributed by atoms with E-state index >= 15 is 0 Å². The van der Waals surface area contributed by atoms with Crippen molar-refractivity contribution in [3.8, 4) is 0 Å². The zero-order valence-electron chi connectivity index (χ0n) is 43.9. The van der Waals surface area contributed by atoms with E-state index in [1.807, 2.05) is 62.5 Å². The molecule has 24 heteroatoms. The summed E-state index contributed by atoms with van der Waals surface area (Å²) in [5.41, 5.74) is -2.00. The molecule has 0 aromatic heterocycles. The van der Waals surface area contributed by atoms with E-state index in [1.54, 1.807) is 88.4 Å². The summed E-state index contributed by atoms with van der Waals surface area (Å²) >= 11 is 5.42. The first-order valence-electron chi connectivity index (χ1n) is 23.9. The van der Waals surface area contributed by atoms with Crippen molar-refractivity contribution in [1.82, 2.24) is 0 Å². The van der Waals surface area contributed by atoms with Crippen molar-refractivity contribution in [3.63, 3.8) is 0 Å². The van der Waals surface area contributed by atoms with Gasteiger partial charge in [-0.05, 0) is 147 Å². The van der Waals surface area contributed by atoms with Gasteiger partial charge in [-0.3, -0.25) is 0 Å². The molecular formula is C48H81F3O12S6Si3. The fourth-order valence-electron chi connectivity index (χ4n) is 6.67. The molecule has 0 amide bonds. The van der Waals surface area contributed by atoms with Crippen LogP contribution in [-0.4, -0.2) is 145 Å². The van der Waals surface area contributed by atoms with E-state index in [2.05, 4.69) is 13.1 Å². The Morgan fingerprint density at radius 1 is 0.500 bits per heavy atom. The molecule has 0 heterocycles. The predicted molar refractivity (Wildman–Crippen MR) is 302 cm³/mol. The maximum absolute atomic E-state index is 12.4. The quantitative estimate of drug-likeness (QED) is 0.0410. The average Bonchev–Trinajstić information content (AvgIpc) is 3.33. The van der Waals surface area contributed by atoms with E-state index in [9.17, 15) is 38.4 Å². The number of rotatable bonds is 34. The van der Waals surface area contributed by atoms with Gasteiger partial charge in [0.2, 0.25) is 0 Å². The lowest BCUT2D eigenvalue weighted by atomic mass is 10.1. The van der Waals surface area contributed by atoms with Crippen LogP contribution in [0.4, 0.5) is 13.2 Å². The Morgan fingerprint density at radius 3 is 1.22 bits per heavy atom. The van der Waals surface area contributed by atoms with Crippen molar-refractivity contribution in [2.45, 2.75) is 106 Å². The van der Waals surface area contributed by atoms with Gasteiger partial charge in [0, 0.05) is 53.7 Å². The fourth-order valence-corrected chi connectivity index (χ4v) is 18.8. The van der Waals surface area contributed by atoms with E-state index in [0.29, 0.717) is 23.9 Å². The van der Waals surface area contributed by atoms with Crippen molar-refractivity contribution in [2.24, 2.45) is 0 Å². The van der Waals surface area contributed by atoms with Crippen LogP contribution in [0.5, 0.6) is 0 Å². The monoisotopic (exact) mass is 1180 g/mol. The molecule has 12 nitrogen and oxygen atoms in total. The Morgan fingerprint density at radius 2 is 0.861 bits per heavy atom. The fraction of sp³-hybridized carbons (Fsp3) is 0.625. The predicted octanol–water partition coefficient (Wildman–Crippen LogP) is 11.1. The third-order valence-corrected chi connectivity index (χ3v) is 27.8. The van der Waals surface area contributed by atoms with Crippen LogP contribution in [0.3, 0.4) is 0 Å². The van der Waals surface area contributed by atoms with E-state index in [-0.39, 0.29) is 17.1 Å². The molecule has 0 fully saturated rings. The third kappa shape index (κ3) is 29.9. The van der Waals surface area contributed by atoms with E-state index < -0.39 is 66.5 Å². The molecule has 72 heavy (non-hydrogen) atoms. The minimum Gasteiger partial charge on any atom is -0.398 e. The first kappa shape index (κ1) is 68.8. The van der Waals surface area contributed by atoms with Crippen molar-refractivity contribution in [1.29, 1.82) is 0 Å². The van der Waals surface area contributed by atoms with E-state index in [0.717, 1.165) is 90.1 Å². The van der Waals surface area contributed by atoms with Crippen LogP contribution in [0.25, 0.3) is 0 Å². The Bertz CT molecular complexity index is 2240. The van der Waals surface area contributed by atoms with Crippen molar-refractivity contribution < 1.29 is 65.0 Å². The van der Waals surface area contributed by atoms with Crippen molar-refractivity contribution >= 4 is 90.5 Å². The van der Waals surface area contributed by atoms with Crippen LogP contribution >= 0.6 is 35.3 Å². The first-order valence-corrected chi connectivity index (χ1v) is 40.3. The summed E-state index contributed by atoms with van der Waals surface area (Å²) in [7, 11) is -10.4. The molecule has 3 aromatic rings. The second-order valence-corrected chi connectivity index (χ2v) is 37.7. The van der Waals surface area contributed by atoms with Gasteiger partial charge in [-0.15, -0.1) is 0 Å². The Balaban J connectivity index is 0.000000541. The van der Waals surface area contributed by atoms with Crippen LogP contribution in [0.1, 0.15) is 55.4 Å². The summed E-state index contributed by atoms with van der Waals surface area (Å²) in [6.45, 7) is 11.6. The first-order chi connectivity index (χ1) is 33.7. The number of benzene rings is 3. The number of aryl methyl sites for hydroxylation is 2. The molecule has 3 rings (SSSR count). The minimum absolute atomic E-state index is 0.115. The number of hydrogen-bond donors (Lipinski definition) is 0. The highest BCUT2D eigenvalue weighted by Crippen LogP contribution is 2.27. The van der Waals surface area contributed by atoms with Gasteiger partial charge in [0.15, 0.2) is 19.7 Å². The zero-order chi connectivity index (χ0) is 54.4. The van der Waals surface area contributed by atoms with Crippen molar-refractivity contribution in [3.05, 3.63) is 101 Å². The molecule has 0 radical (unpaired) electrons. The zero-order valence-corrected chi connectivity index (χ0v) is 51.8. The number of sulfone groups is 3. The molecule has 0 bridgehead atoms. The molecule has 0 unspecified atom stereocenters. The van der Waals surface area contributed by atoms with Gasteiger partial charge >= 0.3 is 31.2 Å². The van der Waals surface area contributed by atoms with Gasteiger partial charge in [0.05, 0.1) is 22.2 Å². The summed E-state index contributed by atoms with van der Waals surface area (Å²) < 4.78 is 140. The molecule has 3 aromatic carbocycles. The molecule has 414 valence electrons. The Hall–Kier alpha value is -1.24. The highest BCUT2D eigenvalue weighted by molar-refractivity contribution is 8.00. The maximum atomic E-state index is 12.4. The molecule has 0 aliphatic carbocycles. The van der Waals surface area contributed by atoms with Crippen LogP contribution in [-0.2, 0) is 80.4 Å². The minimum atomic E-state index is -5.22. The average molecular weight is 1180 g/mol. The summed E-state index contributed by atoms with van der Waals surface area (Å²) in [5, 5.41) is 0. The molecule has 0 atom stereocenters. The Labute approximate surface area is 447 Å². The summed E-state index contributed by atoms with van der Waals surface area (Å²) in [6.07, 6.45) is 6.16. The van der Waals surface area contributed by atoms with Crippen LogP contribution in [0.15, 0.2) is 83.8 Å². The van der Waals surface area contributed by atoms with Gasteiger partial charge in [-0.2, -0.15) is 48.5 Å². The molecule has 0 saturated carbocycles. The summed E-state index contributed by atoms with van der Waals surface area (Å²) in [5.74, 6) is 4.90. The largest absolute Gasteiger partial charge is 0.497 e. The smallest absolute Gasteiger partial charge is 0.398 e. The SMILES string of the molecule is CCO[Si](C)(CCCSCCS(=O)(=O)c1ccccc1)OCC.CO[Si](C)(CCCSCCc1ccc(CS(=O)(=O)C(F)(F)F)cc1)OC.CO[Si](C)(CCCSCCc1ccc(CS(C)(=O)=O)cc1)OC. The summed E-state index contributed by atoms with van der Waals surface area (Å²) in [6, 6.07) is 25.7. The molecular weight excluding hydrogens is 1100 g/mol. The lowest BCUT2D eigenvalue weighted by Crippen LogP contribution is -2.38. The van der Waals surface area contributed by atoms with Gasteiger partial charge < -0.3 is 26.6 Å². The lowest BCUT2D eigenvalue weighted by Gasteiger charge is -2.25. The number of halogens is 3. The second-order valence-electron chi connectivity index (χ2n) is 17.3. The van der Waals surface area contributed by atoms with Crippen LogP contribution < -0.4 is 0 Å². The lowest BCUT2D eigenvalue weighted by molar-refractivity contribution is -0.0437. The van der Waals surface area contributed by atoms with Gasteiger partial charge in [-0.1, -0.05) is 66.7 Å². The topological polar surface area (TPSA) is 158 Å². The number of hydrogen-bond acceptors (Lipinski definition) is 15. The summed E-state index contributed by atoms with van der Waals surface area (Å²) in [4.78, 5) is 0.410. The maximum Gasteiger partial charge on any atom is 0.497 e. The highest BCUT2D eigenvalue weighted by Gasteiger charge is 2.45. The number of alkyl halides is 3. The van der Waals surface area contributed by atoms with E-state index in [4.69, 9.17) is 26.6 Å². The van der Waals surface area contributed by atoms with Gasteiger partial charge in [0.1, 0.15) is 0 Å².